The molecular weight excluding hydrogens is 301 g/mol. The fourth-order valence-corrected chi connectivity index (χ4v) is 1.92. The Hall–Kier alpha value is -1.46. The highest BCUT2D eigenvalue weighted by molar-refractivity contribution is 6.35. The third kappa shape index (κ3) is 5.67. The highest BCUT2D eigenvalue weighted by Crippen LogP contribution is 2.20. The zero-order chi connectivity index (χ0) is 15.0. The van der Waals surface area contributed by atoms with Crippen LogP contribution in [0.15, 0.2) is 23.2 Å². The van der Waals surface area contributed by atoms with Crippen molar-refractivity contribution in [1.82, 2.24) is 10.6 Å². The molecule has 0 fully saturated rings. The number of rotatable bonds is 5. The van der Waals surface area contributed by atoms with Gasteiger partial charge in [0.05, 0.1) is 13.5 Å². The number of aliphatic imine (C=N–C) groups is 1. The summed E-state index contributed by atoms with van der Waals surface area (Å²) in [4.78, 5) is 15.0. The second-order valence-corrected chi connectivity index (χ2v) is 4.76. The largest absolute Gasteiger partial charge is 0.469 e. The first-order chi connectivity index (χ1) is 9.56. The first-order valence-electron chi connectivity index (χ1n) is 6.02. The maximum atomic E-state index is 11.0. The molecule has 110 valence electrons. The number of nitrogens with zero attached hydrogens (tertiary/aromatic N) is 1. The van der Waals surface area contributed by atoms with E-state index in [4.69, 9.17) is 23.2 Å². The van der Waals surface area contributed by atoms with Crippen LogP contribution in [-0.2, 0) is 16.1 Å². The number of guanidine groups is 1. The fourth-order valence-electron chi connectivity index (χ4n) is 1.45. The Bertz CT molecular complexity index is 493. The van der Waals surface area contributed by atoms with Gasteiger partial charge in [0.25, 0.3) is 0 Å². The summed E-state index contributed by atoms with van der Waals surface area (Å²) in [7, 11) is 3.01. The van der Waals surface area contributed by atoms with Gasteiger partial charge in [-0.25, -0.2) is 0 Å². The molecule has 0 radical (unpaired) electrons. The van der Waals surface area contributed by atoms with Gasteiger partial charge in [0.2, 0.25) is 0 Å². The van der Waals surface area contributed by atoms with Gasteiger partial charge in [-0.1, -0.05) is 29.3 Å². The predicted molar refractivity (Wildman–Crippen MR) is 81.3 cm³/mol. The quantitative estimate of drug-likeness (QED) is 0.496. The van der Waals surface area contributed by atoms with Gasteiger partial charge in [-0.05, 0) is 17.7 Å². The Balaban J connectivity index is 2.43. The smallest absolute Gasteiger partial charge is 0.307 e. The molecule has 0 amide bonds. The Labute approximate surface area is 128 Å². The number of ether oxygens (including phenoxy) is 1. The number of methoxy groups -OCH3 is 1. The predicted octanol–water partition coefficient (Wildman–Crippen LogP) is 2.22. The van der Waals surface area contributed by atoms with E-state index in [1.165, 1.54) is 7.11 Å². The van der Waals surface area contributed by atoms with Crippen LogP contribution >= 0.6 is 23.2 Å². The summed E-state index contributed by atoms with van der Waals surface area (Å²) >= 11 is 11.9. The average molecular weight is 318 g/mol. The minimum absolute atomic E-state index is 0.270. The second-order valence-electron chi connectivity index (χ2n) is 3.91. The highest BCUT2D eigenvalue weighted by Gasteiger charge is 2.04. The Kier molecular flexibility index (Phi) is 7.18. The third-order valence-electron chi connectivity index (χ3n) is 2.53. The number of carbonyl (C=O) groups excluding carboxylic acids is 1. The normalized spacial score (nSPS) is 11.1. The Morgan fingerprint density at radius 1 is 1.35 bits per heavy atom. The fraction of sp³-hybridized carbons (Fsp3) is 0.385. The number of hydrogen-bond donors (Lipinski definition) is 2. The van der Waals surface area contributed by atoms with Crippen molar-refractivity contribution in [3.8, 4) is 0 Å². The lowest BCUT2D eigenvalue weighted by atomic mass is 10.2. The molecular formula is C13H17Cl2N3O2. The van der Waals surface area contributed by atoms with E-state index in [-0.39, 0.29) is 12.4 Å². The molecule has 7 heteroatoms. The van der Waals surface area contributed by atoms with Crippen molar-refractivity contribution in [2.75, 3.05) is 20.7 Å². The van der Waals surface area contributed by atoms with E-state index in [9.17, 15) is 4.79 Å². The van der Waals surface area contributed by atoms with Gasteiger partial charge in [0, 0.05) is 30.2 Å². The summed E-state index contributed by atoms with van der Waals surface area (Å²) < 4.78 is 4.55. The Morgan fingerprint density at radius 2 is 2.10 bits per heavy atom. The van der Waals surface area contributed by atoms with Crippen LogP contribution in [0.5, 0.6) is 0 Å². The van der Waals surface area contributed by atoms with Gasteiger partial charge in [-0.2, -0.15) is 0 Å². The van der Waals surface area contributed by atoms with Crippen molar-refractivity contribution in [3.63, 3.8) is 0 Å². The van der Waals surface area contributed by atoms with E-state index in [0.717, 1.165) is 5.56 Å². The number of benzene rings is 1. The van der Waals surface area contributed by atoms with Gasteiger partial charge in [0.1, 0.15) is 0 Å². The molecule has 0 aliphatic heterocycles. The van der Waals surface area contributed by atoms with Gasteiger partial charge in [-0.15, -0.1) is 0 Å². The lowest BCUT2D eigenvalue weighted by Crippen LogP contribution is -2.38. The molecule has 0 unspecified atom stereocenters. The molecule has 2 N–H and O–H groups in total. The SMILES string of the molecule is CN=C(NCCC(=O)OC)NCc1ccc(Cl)cc1Cl. The molecule has 0 spiro atoms. The van der Waals surface area contributed by atoms with Crippen molar-refractivity contribution < 1.29 is 9.53 Å². The summed E-state index contributed by atoms with van der Waals surface area (Å²) in [5, 5.41) is 7.29. The minimum atomic E-state index is -0.270. The van der Waals surface area contributed by atoms with Crippen molar-refractivity contribution in [3.05, 3.63) is 33.8 Å². The van der Waals surface area contributed by atoms with Crippen LogP contribution in [0.4, 0.5) is 0 Å². The molecule has 0 saturated carbocycles. The lowest BCUT2D eigenvalue weighted by molar-refractivity contribution is -0.140. The summed E-state index contributed by atoms with van der Waals surface area (Å²) in [6.07, 6.45) is 0.277. The number of carbonyl (C=O) groups is 1. The minimum Gasteiger partial charge on any atom is -0.469 e. The first kappa shape index (κ1) is 16.6. The molecule has 5 nitrogen and oxygen atoms in total. The molecule has 0 heterocycles. The number of esters is 1. The van der Waals surface area contributed by atoms with E-state index >= 15 is 0 Å². The first-order valence-corrected chi connectivity index (χ1v) is 6.77. The maximum Gasteiger partial charge on any atom is 0.307 e. The van der Waals surface area contributed by atoms with Gasteiger partial charge >= 0.3 is 5.97 Å². The molecule has 0 atom stereocenters. The summed E-state index contributed by atoms with van der Waals surface area (Å²) in [6, 6.07) is 5.31. The van der Waals surface area contributed by atoms with Crippen LogP contribution < -0.4 is 10.6 Å². The zero-order valence-electron chi connectivity index (χ0n) is 11.4. The van der Waals surface area contributed by atoms with Gasteiger partial charge < -0.3 is 15.4 Å². The summed E-state index contributed by atoms with van der Waals surface area (Å²) in [5.74, 6) is 0.314. The van der Waals surface area contributed by atoms with E-state index in [1.807, 2.05) is 6.07 Å². The van der Waals surface area contributed by atoms with E-state index in [0.29, 0.717) is 29.1 Å². The van der Waals surface area contributed by atoms with Crippen molar-refractivity contribution in [2.24, 2.45) is 4.99 Å². The van der Waals surface area contributed by atoms with E-state index in [1.54, 1.807) is 19.2 Å². The zero-order valence-corrected chi connectivity index (χ0v) is 12.9. The topological polar surface area (TPSA) is 62.7 Å². The molecule has 1 aromatic carbocycles. The van der Waals surface area contributed by atoms with Crippen LogP contribution in [-0.4, -0.2) is 32.6 Å². The van der Waals surface area contributed by atoms with Gasteiger partial charge in [-0.3, -0.25) is 9.79 Å². The molecule has 0 saturated heterocycles. The molecule has 0 aliphatic carbocycles. The van der Waals surface area contributed by atoms with Crippen molar-refractivity contribution in [1.29, 1.82) is 0 Å². The molecule has 0 aliphatic rings. The van der Waals surface area contributed by atoms with Crippen molar-refractivity contribution in [2.45, 2.75) is 13.0 Å². The van der Waals surface area contributed by atoms with Crippen LogP contribution in [0.2, 0.25) is 10.0 Å². The van der Waals surface area contributed by atoms with Crippen molar-refractivity contribution >= 4 is 35.1 Å². The molecule has 20 heavy (non-hydrogen) atoms. The Morgan fingerprint density at radius 3 is 2.70 bits per heavy atom. The monoisotopic (exact) mass is 317 g/mol. The molecule has 1 rings (SSSR count). The van der Waals surface area contributed by atoms with Crippen LogP contribution in [0.3, 0.4) is 0 Å². The summed E-state index contributed by atoms with van der Waals surface area (Å²) in [5.41, 5.74) is 0.909. The molecule has 1 aromatic rings. The third-order valence-corrected chi connectivity index (χ3v) is 3.12. The van der Waals surface area contributed by atoms with Crippen LogP contribution in [0, 0.1) is 0 Å². The molecule has 0 bridgehead atoms. The lowest BCUT2D eigenvalue weighted by Gasteiger charge is -2.12. The van der Waals surface area contributed by atoms with E-state index < -0.39 is 0 Å². The van der Waals surface area contributed by atoms with Crippen LogP contribution in [0.1, 0.15) is 12.0 Å². The average Bonchev–Trinajstić information content (AvgIpc) is 2.43. The second kappa shape index (κ2) is 8.66. The number of hydrogen-bond acceptors (Lipinski definition) is 3. The molecule has 0 aromatic heterocycles. The number of nitrogens with one attached hydrogen (secondary N) is 2. The van der Waals surface area contributed by atoms with E-state index in [2.05, 4.69) is 20.4 Å². The number of halogens is 2. The maximum absolute atomic E-state index is 11.0. The van der Waals surface area contributed by atoms with Gasteiger partial charge in [0.15, 0.2) is 5.96 Å². The summed E-state index contributed by atoms with van der Waals surface area (Å²) in [6.45, 7) is 0.953. The highest BCUT2D eigenvalue weighted by atomic mass is 35.5. The standard InChI is InChI=1S/C13H17Cl2N3O2/c1-16-13(17-6-5-12(19)20-2)18-8-9-3-4-10(14)7-11(9)15/h3-4,7H,5-6,8H2,1-2H3,(H2,16,17,18). The van der Waals surface area contributed by atoms with Crippen LogP contribution in [0.25, 0.3) is 0 Å².